The predicted molar refractivity (Wildman–Crippen MR) is 163 cm³/mol. The lowest BCUT2D eigenvalue weighted by Crippen LogP contribution is -2.50. The van der Waals surface area contributed by atoms with E-state index >= 15 is 0 Å². The molecule has 0 spiro atoms. The maximum absolute atomic E-state index is 14.1. The summed E-state index contributed by atoms with van der Waals surface area (Å²) in [5.74, 6) is 9.98. The van der Waals surface area contributed by atoms with Crippen molar-refractivity contribution in [3.05, 3.63) is 94.1 Å². The van der Waals surface area contributed by atoms with E-state index < -0.39 is 46.6 Å². The highest BCUT2D eigenvalue weighted by Crippen LogP contribution is 2.68. The van der Waals surface area contributed by atoms with Gasteiger partial charge >= 0.3 is 0 Å². The number of nitrogens with two attached hydrogens (primary N) is 1. The monoisotopic (exact) mass is 585 g/mol. The molecular weight excluding hydrogens is 558 g/mol. The fourth-order valence-corrected chi connectivity index (χ4v) is 6.71. The number of phenols is 1. The van der Waals surface area contributed by atoms with Gasteiger partial charge in [0.2, 0.25) is 0 Å². The average Bonchev–Trinajstić information content (AvgIpc) is 3.68. The lowest BCUT2D eigenvalue weighted by atomic mass is 9.69. The smallest absolute Gasteiger partial charge is 0.255 e. The molecule has 4 atom stereocenters. The van der Waals surface area contributed by atoms with Crippen molar-refractivity contribution in [2.75, 3.05) is 16.4 Å². The summed E-state index contributed by atoms with van der Waals surface area (Å²) < 4.78 is 6.47. The van der Waals surface area contributed by atoms with Gasteiger partial charge in [-0.1, -0.05) is 37.5 Å². The number of fused-ring (bicyclic) bond motifs is 4. The Labute approximate surface area is 253 Å². The fourth-order valence-electron chi connectivity index (χ4n) is 6.71. The number of anilines is 3. The largest absolute Gasteiger partial charge is 0.507 e. The Morgan fingerprint density at radius 3 is 2.45 bits per heavy atom. The molecule has 7 rings (SSSR count). The van der Waals surface area contributed by atoms with E-state index in [9.17, 15) is 24.6 Å². The third kappa shape index (κ3) is 3.80. The lowest BCUT2D eigenvalue weighted by molar-refractivity contribution is 0.0975. The molecule has 3 aromatic rings. The van der Waals surface area contributed by atoms with Crippen LogP contribution in [0.2, 0.25) is 0 Å². The van der Waals surface area contributed by atoms with Crippen LogP contribution in [-0.4, -0.2) is 45.4 Å². The zero-order valence-electron chi connectivity index (χ0n) is 23.8. The van der Waals surface area contributed by atoms with Crippen LogP contribution in [0.15, 0.2) is 60.7 Å². The molecular formula is C35H27N3O6. The Kier molecular flexibility index (Phi) is 5.98. The molecule has 1 saturated heterocycles. The van der Waals surface area contributed by atoms with Crippen molar-refractivity contribution < 1.29 is 29.3 Å². The number of aromatic hydroxyl groups is 1. The highest BCUT2D eigenvalue weighted by atomic mass is 16.6. The number of nitrogens with one attached hydrogen (secondary N) is 2. The van der Waals surface area contributed by atoms with Gasteiger partial charge in [-0.25, -0.2) is 0 Å². The van der Waals surface area contributed by atoms with Crippen LogP contribution in [0.25, 0.3) is 0 Å². The summed E-state index contributed by atoms with van der Waals surface area (Å²) in [6.45, 7) is 4.06. The van der Waals surface area contributed by atoms with Crippen molar-refractivity contribution in [3.63, 3.8) is 0 Å². The normalized spacial score (nSPS) is 25.8. The number of aliphatic hydroxyl groups is 1. The highest BCUT2D eigenvalue weighted by molar-refractivity contribution is 6.31. The Hall–Kier alpha value is -5.35. The van der Waals surface area contributed by atoms with Crippen molar-refractivity contribution in [2.45, 2.75) is 43.6 Å². The third-order valence-corrected chi connectivity index (χ3v) is 8.58. The van der Waals surface area contributed by atoms with E-state index in [2.05, 4.69) is 34.3 Å². The van der Waals surface area contributed by atoms with Gasteiger partial charge in [0.05, 0.1) is 16.8 Å². The highest BCUT2D eigenvalue weighted by Gasteiger charge is 2.79. The first-order valence-electron chi connectivity index (χ1n) is 14.2. The van der Waals surface area contributed by atoms with Crippen molar-refractivity contribution in [1.29, 1.82) is 0 Å². The first kappa shape index (κ1) is 27.5. The fraction of sp³-hybridized carbons (Fsp3) is 0.229. The molecule has 4 aliphatic rings. The molecule has 9 heteroatoms. The van der Waals surface area contributed by atoms with Gasteiger partial charge in [-0.05, 0) is 73.0 Å². The van der Waals surface area contributed by atoms with E-state index in [4.69, 9.17) is 10.5 Å². The van der Waals surface area contributed by atoms with Crippen LogP contribution in [0.3, 0.4) is 0 Å². The quantitative estimate of drug-likeness (QED) is 0.105. The minimum Gasteiger partial charge on any atom is -0.507 e. The number of allylic oxidation sites excluding steroid dienone is 2. The van der Waals surface area contributed by atoms with Crippen LogP contribution < -0.4 is 16.4 Å². The van der Waals surface area contributed by atoms with Crippen molar-refractivity contribution in [2.24, 2.45) is 5.92 Å². The van der Waals surface area contributed by atoms with Gasteiger partial charge in [-0.2, -0.15) is 0 Å². The second-order valence-corrected chi connectivity index (χ2v) is 11.8. The molecule has 0 unspecified atom stereocenters. The standard InChI is InChI=1S/C35H27N3O6/c1-18(2)17-34-26-7-5-3-4-6-8-27(40)35(34,44-34)24-16-25(39)28-29(30(24)38-26)31(41)22-14-13-21(15-23(22)32(28)42)37-33(43)19-9-11-20(36)12-10-19/h3-4,9-16,18,26-27,38-40H,17,36H2,1-2H3,(H,37,43)/b4-3-/t26-,27+,34-,35-/m0/s1. The van der Waals surface area contributed by atoms with Gasteiger partial charge < -0.3 is 31.3 Å². The van der Waals surface area contributed by atoms with Crippen LogP contribution in [0.5, 0.6) is 5.75 Å². The van der Waals surface area contributed by atoms with Gasteiger partial charge in [0.15, 0.2) is 23.3 Å². The molecule has 2 aliphatic carbocycles. The second-order valence-electron chi connectivity index (χ2n) is 11.8. The van der Waals surface area contributed by atoms with Crippen LogP contribution in [0.1, 0.15) is 68.0 Å². The molecule has 9 nitrogen and oxygen atoms in total. The van der Waals surface area contributed by atoms with Gasteiger partial charge in [-0.3, -0.25) is 14.4 Å². The number of carbonyl (C=O) groups is 3. The topological polar surface area (TPSA) is 154 Å². The average molecular weight is 586 g/mol. The van der Waals surface area contributed by atoms with Crippen molar-refractivity contribution >= 4 is 34.5 Å². The summed E-state index contributed by atoms with van der Waals surface area (Å²) in [5, 5.41) is 28.9. The van der Waals surface area contributed by atoms with Crippen LogP contribution in [0, 0.1) is 29.6 Å². The van der Waals surface area contributed by atoms with Gasteiger partial charge in [0.1, 0.15) is 17.4 Å². The zero-order chi connectivity index (χ0) is 31.0. The number of amides is 1. The van der Waals surface area contributed by atoms with Crippen molar-refractivity contribution in [1.82, 2.24) is 0 Å². The number of carbonyl (C=O) groups excluding carboxylic acids is 3. The maximum atomic E-state index is 14.1. The van der Waals surface area contributed by atoms with Crippen LogP contribution in [-0.2, 0) is 10.3 Å². The molecule has 1 fully saturated rings. The molecule has 0 aromatic heterocycles. The minimum atomic E-state index is -1.39. The third-order valence-electron chi connectivity index (χ3n) is 8.58. The molecule has 3 aromatic carbocycles. The molecule has 2 aliphatic heterocycles. The van der Waals surface area contributed by atoms with E-state index in [-0.39, 0.29) is 33.9 Å². The SMILES string of the molecule is CC(C)C[C@@]12O[C@]13c1cc(O)c4c(c1N[C@H]2C#C/C=C\C#C[C@H]3O)C(=O)c1ccc(NC(=O)c2ccc(N)cc2)cc1C4=O. The summed E-state index contributed by atoms with van der Waals surface area (Å²) in [7, 11) is 0. The number of hydrogen-bond donors (Lipinski definition) is 5. The van der Waals surface area contributed by atoms with Gasteiger partial charge in [-0.15, -0.1) is 0 Å². The summed E-state index contributed by atoms with van der Waals surface area (Å²) >= 11 is 0. The van der Waals surface area contributed by atoms with Gasteiger partial charge in [0, 0.05) is 33.6 Å². The Morgan fingerprint density at radius 1 is 1.02 bits per heavy atom. The van der Waals surface area contributed by atoms with Crippen LogP contribution >= 0.6 is 0 Å². The summed E-state index contributed by atoms with van der Waals surface area (Å²) in [6, 6.07) is 11.5. The zero-order valence-corrected chi connectivity index (χ0v) is 23.8. The molecule has 0 saturated carbocycles. The first-order chi connectivity index (χ1) is 21.1. The summed E-state index contributed by atoms with van der Waals surface area (Å²) in [4.78, 5) is 40.9. The second kappa shape index (κ2) is 9.58. The summed E-state index contributed by atoms with van der Waals surface area (Å²) in [5.41, 5.74) is 5.08. The number of epoxide rings is 1. The molecule has 6 N–H and O–H groups in total. The Balaban J connectivity index is 1.34. The molecule has 1 amide bonds. The molecule has 0 radical (unpaired) electrons. The molecule has 2 heterocycles. The van der Waals surface area contributed by atoms with Gasteiger partial charge in [0.25, 0.3) is 5.91 Å². The van der Waals surface area contributed by atoms with E-state index in [0.29, 0.717) is 28.9 Å². The minimum absolute atomic E-state index is 0.0243. The van der Waals surface area contributed by atoms with E-state index in [1.807, 2.05) is 13.8 Å². The van der Waals surface area contributed by atoms with Crippen molar-refractivity contribution in [3.8, 4) is 29.4 Å². The predicted octanol–water partition coefficient (Wildman–Crippen LogP) is 3.74. The van der Waals surface area contributed by atoms with Crippen LogP contribution in [0.4, 0.5) is 17.1 Å². The number of hydrogen-bond acceptors (Lipinski definition) is 8. The number of ketones is 2. The Morgan fingerprint density at radius 2 is 1.73 bits per heavy atom. The molecule has 218 valence electrons. The number of rotatable bonds is 4. The molecule has 44 heavy (non-hydrogen) atoms. The first-order valence-corrected chi connectivity index (χ1v) is 14.2. The number of aliphatic hydroxyl groups excluding tert-OH is 1. The Bertz CT molecular complexity index is 1970. The lowest BCUT2D eigenvalue weighted by Gasteiger charge is -2.37. The maximum Gasteiger partial charge on any atom is 0.255 e. The van der Waals surface area contributed by atoms with E-state index in [0.717, 1.165) is 0 Å². The van der Waals surface area contributed by atoms with E-state index in [1.165, 1.54) is 30.3 Å². The number of benzene rings is 3. The summed E-state index contributed by atoms with van der Waals surface area (Å²) in [6.07, 6.45) is 2.33. The van der Waals surface area contributed by atoms with E-state index in [1.54, 1.807) is 30.3 Å². The molecule has 2 bridgehead atoms. The number of phenolic OH excluding ortho intramolecular Hbond substituents is 1. The number of ether oxygens (including phenoxy) is 1. The number of nitrogen functional groups attached to an aromatic ring is 1.